The number of hydrogen-bond acceptors (Lipinski definition) is 4. The van der Waals surface area contributed by atoms with E-state index >= 15 is 0 Å². The highest BCUT2D eigenvalue weighted by Crippen LogP contribution is 2.31. The molecule has 2 aliphatic rings. The van der Waals surface area contributed by atoms with E-state index in [1.807, 2.05) is 49.4 Å². The van der Waals surface area contributed by atoms with Gasteiger partial charge >= 0.3 is 0 Å². The van der Waals surface area contributed by atoms with Gasteiger partial charge in [-0.2, -0.15) is 0 Å². The molecular weight excluding hydrogens is 470 g/mol. The van der Waals surface area contributed by atoms with Crippen molar-refractivity contribution in [3.8, 4) is 0 Å². The number of rotatable bonds is 6. The molecule has 3 aromatic carbocycles. The van der Waals surface area contributed by atoms with Gasteiger partial charge in [0.2, 0.25) is 10.0 Å². The minimum absolute atomic E-state index is 0.0254. The minimum atomic E-state index is -3.55. The smallest absolute Gasteiger partial charge is 0.253 e. The maximum atomic E-state index is 13.4. The summed E-state index contributed by atoms with van der Waals surface area (Å²) >= 11 is 0. The average molecular weight is 504 g/mol. The lowest BCUT2D eigenvalue weighted by molar-refractivity contribution is 0.0933. The van der Waals surface area contributed by atoms with Crippen LogP contribution in [0.4, 0.5) is 5.69 Å². The summed E-state index contributed by atoms with van der Waals surface area (Å²) in [4.78, 5) is 15.9. The predicted octanol–water partition coefficient (Wildman–Crippen LogP) is 4.75. The molecule has 6 nitrogen and oxygen atoms in total. The van der Waals surface area contributed by atoms with E-state index in [2.05, 4.69) is 33.1 Å². The number of carbonyl (C=O) groups is 1. The van der Waals surface area contributed by atoms with Crippen LogP contribution in [0.15, 0.2) is 77.7 Å². The first kappa shape index (κ1) is 24.5. The molecule has 0 saturated carbocycles. The summed E-state index contributed by atoms with van der Waals surface area (Å²) in [5.41, 5.74) is 5.13. The van der Waals surface area contributed by atoms with E-state index in [0.717, 1.165) is 30.5 Å². The molecular formula is C29H33N3O3S. The molecule has 1 aliphatic carbocycles. The second kappa shape index (κ2) is 10.4. The molecule has 0 radical (unpaired) electrons. The number of amides is 1. The number of sulfonamides is 1. The average Bonchev–Trinajstić information content (AvgIpc) is 2.89. The predicted molar refractivity (Wildman–Crippen MR) is 143 cm³/mol. The molecule has 1 fully saturated rings. The third-order valence-corrected chi connectivity index (χ3v) is 8.85. The molecule has 188 valence electrons. The maximum Gasteiger partial charge on any atom is 0.253 e. The molecule has 36 heavy (non-hydrogen) atoms. The first-order valence-corrected chi connectivity index (χ1v) is 14.2. The van der Waals surface area contributed by atoms with Crippen molar-refractivity contribution in [2.75, 3.05) is 18.0 Å². The standard InChI is InChI=1S/C29H33N3O3S/c1-21-13-15-24(16-14-21)36(34,35)31-23-17-19-32(20-18-23)28-12-5-4-10-26(28)29(33)30-27-11-6-8-22-7-2-3-9-25(22)27/h2-5,7,9-10,12-16,23,27,31H,6,8,11,17-20H2,1H3,(H,30,33). The Morgan fingerprint density at radius 3 is 2.36 bits per heavy atom. The summed E-state index contributed by atoms with van der Waals surface area (Å²) in [5.74, 6) is -0.0606. The lowest BCUT2D eigenvalue weighted by atomic mass is 9.87. The van der Waals surface area contributed by atoms with Crippen molar-refractivity contribution in [2.24, 2.45) is 0 Å². The van der Waals surface area contributed by atoms with Gasteiger partial charge in [0.1, 0.15) is 0 Å². The molecule has 1 aliphatic heterocycles. The van der Waals surface area contributed by atoms with Gasteiger partial charge in [0.25, 0.3) is 5.91 Å². The summed E-state index contributed by atoms with van der Waals surface area (Å²) in [6.45, 7) is 3.29. The van der Waals surface area contributed by atoms with Gasteiger partial charge in [-0.25, -0.2) is 13.1 Å². The van der Waals surface area contributed by atoms with Crippen LogP contribution in [0.2, 0.25) is 0 Å². The van der Waals surface area contributed by atoms with Crippen LogP contribution in [0, 0.1) is 6.92 Å². The van der Waals surface area contributed by atoms with Gasteiger partial charge in [-0.05, 0) is 74.4 Å². The molecule has 0 bridgehead atoms. The number of piperidine rings is 1. The Morgan fingerprint density at radius 2 is 1.58 bits per heavy atom. The Kier molecular flexibility index (Phi) is 7.12. The lowest BCUT2D eigenvalue weighted by Gasteiger charge is -2.35. The highest BCUT2D eigenvalue weighted by Gasteiger charge is 2.28. The first-order chi connectivity index (χ1) is 17.4. The molecule has 1 atom stereocenters. The third-order valence-electron chi connectivity index (χ3n) is 7.31. The van der Waals surface area contributed by atoms with E-state index in [0.29, 0.717) is 36.4 Å². The van der Waals surface area contributed by atoms with Crippen LogP contribution in [0.3, 0.4) is 0 Å². The second-order valence-corrected chi connectivity index (χ2v) is 11.5. The fraction of sp³-hybridized carbons (Fsp3) is 0.345. The Morgan fingerprint density at radius 1 is 0.889 bits per heavy atom. The van der Waals surface area contributed by atoms with Crippen LogP contribution in [0.1, 0.15) is 58.8 Å². The van der Waals surface area contributed by atoms with Crippen molar-refractivity contribution in [1.82, 2.24) is 10.0 Å². The van der Waals surface area contributed by atoms with Gasteiger partial charge in [-0.1, -0.05) is 54.1 Å². The number of nitrogens with zero attached hydrogens (tertiary/aromatic N) is 1. The van der Waals surface area contributed by atoms with Crippen LogP contribution in [0.25, 0.3) is 0 Å². The third kappa shape index (κ3) is 5.32. The maximum absolute atomic E-state index is 13.4. The van der Waals surface area contributed by atoms with Crippen LogP contribution in [-0.2, 0) is 16.4 Å². The lowest BCUT2D eigenvalue weighted by Crippen LogP contribution is -2.45. The molecule has 0 spiro atoms. The zero-order valence-electron chi connectivity index (χ0n) is 20.6. The molecule has 3 aromatic rings. The van der Waals surface area contributed by atoms with E-state index in [1.165, 1.54) is 11.1 Å². The molecule has 1 unspecified atom stereocenters. The van der Waals surface area contributed by atoms with E-state index < -0.39 is 10.0 Å². The van der Waals surface area contributed by atoms with Crippen molar-refractivity contribution >= 4 is 21.6 Å². The normalized spacial score (nSPS) is 18.5. The number of carbonyl (C=O) groups excluding carboxylic acids is 1. The fourth-order valence-corrected chi connectivity index (χ4v) is 6.63. The van der Waals surface area contributed by atoms with Crippen LogP contribution in [-0.4, -0.2) is 33.5 Å². The quantitative estimate of drug-likeness (QED) is 0.509. The van der Waals surface area contributed by atoms with Gasteiger partial charge < -0.3 is 10.2 Å². The number of nitrogens with one attached hydrogen (secondary N) is 2. The largest absolute Gasteiger partial charge is 0.371 e. The van der Waals surface area contributed by atoms with Crippen molar-refractivity contribution in [1.29, 1.82) is 0 Å². The van der Waals surface area contributed by atoms with E-state index in [1.54, 1.807) is 12.1 Å². The van der Waals surface area contributed by atoms with Gasteiger partial charge in [0.05, 0.1) is 16.5 Å². The summed E-state index contributed by atoms with van der Waals surface area (Å²) in [6, 6.07) is 22.9. The van der Waals surface area contributed by atoms with Crippen LogP contribution >= 0.6 is 0 Å². The number of hydrogen-bond donors (Lipinski definition) is 2. The molecule has 2 N–H and O–H groups in total. The summed E-state index contributed by atoms with van der Waals surface area (Å²) < 4.78 is 28.5. The minimum Gasteiger partial charge on any atom is -0.371 e. The highest BCUT2D eigenvalue weighted by molar-refractivity contribution is 7.89. The van der Waals surface area contributed by atoms with Crippen LogP contribution < -0.4 is 14.9 Å². The molecule has 5 rings (SSSR count). The van der Waals surface area contributed by atoms with Gasteiger partial charge in [-0.3, -0.25) is 4.79 Å². The Hall–Kier alpha value is -3.16. The van der Waals surface area contributed by atoms with Crippen molar-refractivity contribution in [3.05, 3.63) is 95.1 Å². The zero-order chi connectivity index (χ0) is 25.1. The van der Waals surface area contributed by atoms with Gasteiger partial charge in [0, 0.05) is 24.8 Å². The zero-order valence-corrected chi connectivity index (χ0v) is 21.4. The van der Waals surface area contributed by atoms with E-state index in [9.17, 15) is 13.2 Å². The number of aryl methyl sites for hydroxylation is 2. The fourth-order valence-electron chi connectivity index (χ4n) is 5.32. The van der Waals surface area contributed by atoms with E-state index in [4.69, 9.17) is 0 Å². The summed E-state index contributed by atoms with van der Waals surface area (Å²) in [6.07, 6.45) is 4.42. The number of anilines is 1. The highest BCUT2D eigenvalue weighted by atomic mass is 32.2. The Labute approximate surface area is 213 Å². The monoisotopic (exact) mass is 503 g/mol. The number of benzene rings is 3. The first-order valence-electron chi connectivity index (χ1n) is 12.7. The molecule has 7 heteroatoms. The Balaban J connectivity index is 1.25. The van der Waals surface area contributed by atoms with Crippen molar-refractivity contribution < 1.29 is 13.2 Å². The van der Waals surface area contributed by atoms with Crippen LogP contribution in [0.5, 0.6) is 0 Å². The molecule has 0 aromatic heterocycles. The number of para-hydroxylation sites is 1. The van der Waals surface area contributed by atoms with Crippen molar-refractivity contribution in [3.63, 3.8) is 0 Å². The molecule has 1 amide bonds. The summed E-state index contributed by atoms with van der Waals surface area (Å²) in [7, 11) is -3.55. The SMILES string of the molecule is Cc1ccc(S(=O)(=O)NC2CCN(c3ccccc3C(=O)NC3CCCc4ccccc43)CC2)cc1. The summed E-state index contributed by atoms with van der Waals surface area (Å²) in [5, 5.41) is 3.28. The number of fused-ring (bicyclic) bond motifs is 1. The van der Waals surface area contributed by atoms with Gasteiger partial charge in [0.15, 0.2) is 0 Å². The van der Waals surface area contributed by atoms with E-state index in [-0.39, 0.29) is 18.0 Å². The van der Waals surface area contributed by atoms with Gasteiger partial charge in [-0.15, -0.1) is 0 Å². The second-order valence-electron chi connectivity index (χ2n) is 9.83. The topological polar surface area (TPSA) is 78.5 Å². The Bertz CT molecular complexity index is 1330. The van der Waals surface area contributed by atoms with Crippen molar-refractivity contribution in [2.45, 2.75) is 56.0 Å². The molecule has 1 heterocycles. The molecule has 1 saturated heterocycles.